The molecule has 0 fully saturated rings. The zero-order chi connectivity index (χ0) is 11.3. The predicted octanol–water partition coefficient (Wildman–Crippen LogP) is 4.29. The summed E-state index contributed by atoms with van der Waals surface area (Å²) in [7, 11) is 0. The first-order chi connectivity index (χ1) is 6.80. The second-order valence-electron chi connectivity index (χ2n) is 5.56. The van der Waals surface area contributed by atoms with Crippen LogP contribution in [0, 0.1) is 0 Å². The molecule has 2 rings (SSSR count). The average molecular weight is 269 g/mol. The molecule has 2 heteroatoms. The van der Waals surface area contributed by atoms with Crippen molar-refractivity contribution >= 4 is 15.9 Å². The van der Waals surface area contributed by atoms with Gasteiger partial charge in [-0.05, 0) is 43.9 Å². The Morgan fingerprint density at radius 1 is 1.20 bits per heavy atom. The summed E-state index contributed by atoms with van der Waals surface area (Å²) in [4.78, 5) is 0. The number of benzene rings is 1. The van der Waals surface area contributed by atoms with Crippen LogP contribution in [-0.4, -0.2) is 5.60 Å². The maximum atomic E-state index is 5.99. The Labute approximate surface area is 100.0 Å². The van der Waals surface area contributed by atoms with E-state index in [0.717, 1.165) is 16.6 Å². The summed E-state index contributed by atoms with van der Waals surface area (Å²) < 4.78 is 7.11. The fourth-order valence-electron chi connectivity index (χ4n) is 2.61. The van der Waals surface area contributed by atoms with Crippen LogP contribution in [0.15, 0.2) is 22.7 Å². The smallest absolute Gasteiger partial charge is 0.123 e. The summed E-state index contributed by atoms with van der Waals surface area (Å²) in [5.74, 6) is 1.03. The molecule has 0 spiro atoms. The molecule has 0 aliphatic carbocycles. The molecular formula is C13H17BrO. The largest absolute Gasteiger partial charge is 0.488 e. The highest BCUT2D eigenvalue weighted by molar-refractivity contribution is 9.10. The SMILES string of the molecule is CC1(C)CC(C)(C)c2cc(Br)ccc2O1. The molecule has 15 heavy (non-hydrogen) atoms. The van der Waals surface area contributed by atoms with E-state index in [2.05, 4.69) is 55.8 Å². The van der Waals surface area contributed by atoms with Crippen molar-refractivity contribution in [3.8, 4) is 5.75 Å². The van der Waals surface area contributed by atoms with E-state index in [9.17, 15) is 0 Å². The van der Waals surface area contributed by atoms with Crippen LogP contribution in [0.25, 0.3) is 0 Å². The van der Waals surface area contributed by atoms with Crippen molar-refractivity contribution in [3.05, 3.63) is 28.2 Å². The van der Waals surface area contributed by atoms with Crippen molar-refractivity contribution in [1.29, 1.82) is 0 Å². The van der Waals surface area contributed by atoms with Crippen LogP contribution in [0.2, 0.25) is 0 Å². The van der Waals surface area contributed by atoms with Crippen molar-refractivity contribution in [3.63, 3.8) is 0 Å². The van der Waals surface area contributed by atoms with E-state index in [4.69, 9.17) is 4.74 Å². The number of halogens is 1. The Morgan fingerprint density at radius 3 is 2.53 bits per heavy atom. The summed E-state index contributed by atoms with van der Waals surface area (Å²) in [5.41, 5.74) is 1.42. The molecule has 1 aromatic carbocycles. The molecule has 82 valence electrons. The normalized spacial score (nSPS) is 21.7. The van der Waals surface area contributed by atoms with E-state index in [-0.39, 0.29) is 11.0 Å². The van der Waals surface area contributed by atoms with E-state index < -0.39 is 0 Å². The highest BCUT2D eigenvalue weighted by Gasteiger charge is 2.38. The number of fused-ring (bicyclic) bond motifs is 1. The molecule has 0 radical (unpaired) electrons. The second-order valence-corrected chi connectivity index (χ2v) is 6.48. The van der Waals surface area contributed by atoms with Crippen LogP contribution in [0.1, 0.15) is 39.7 Å². The first-order valence-corrected chi connectivity index (χ1v) is 6.09. The number of ether oxygens (including phenoxy) is 1. The van der Waals surface area contributed by atoms with E-state index in [0.29, 0.717) is 0 Å². The topological polar surface area (TPSA) is 9.23 Å². The van der Waals surface area contributed by atoms with Crippen molar-refractivity contribution in [2.24, 2.45) is 0 Å². The van der Waals surface area contributed by atoms with Crippen LogP contribution in [0.4, 0.5) is 0 Å². The molecule has 1 aliphatic rings. The maximum absolute atomic E-state index is 5.99. The van der Waals surface area contributed by atoms with Crippen molar-refractivity contribution in [2.45, 2.75) is 45.1 Å². The molecule has 0 saturated heterocycles. The standard InChI is InChI=1S/C13H17BrO/c1-12(2)8-13(3,4)15-11-6-5-9(14)7-10(11)12/h5-7H,8H2,1-4H3. The number of hydrogen-bond acceptors (Lipinski definition) is 1. The zero-order valence-electron chi connectivity index (χ0n) is 9.73. The molecule has 1 aromatic rings. The van der Waals surface area contributed by atoms with Gasteiger partial charge in [0.25, 0.3) is 0 Å². The molecule has 1 aliphatic heterocycles. The monoisotopic (exact) mass is 268 g/mol. The molecular weight excluding hydrogens is 252 g/mol. The van der Waals surface area contributed by atoms with Gasteiger partial charge in [-0.25, -0.2) is 0 Å². The Kier molecular flexibility index (Phi) is 2.38. The minimum Gasteiger partial charge on any atom is -0.488 e. The van der Waals surface area contributed by atoms with Gasteiger partial charge in [0.05, 0.1) is 0 Å². The molecule has 0 aromatic heterocycles. The number of rotatable bonds is 0. The van der Waals surface area contributed by atoms with Gasteiger partial charge >= 0.3 is 0 Å². The third-order valence-electron chi connectivity index (χ3n) is 2.92. The molecule has 1 nitrogen and oxygen atoms in total. The quantitative estimate of drug-likeness (QED) is 0.682. The van der Waals surface area contributed by atoms with Crippen LogP contribution >= 0.6 is 15.9 Å². The molecule has 0 saturated carbocycles. The third-order valence-corrected chi connectivity index (χ3v) is 3.42. The Balaban J connectivity index is 2.55. The lowest BCUT2D eigenvalue weighted by molar-refractivity contribution is 0.0534. The van der Waals surface area contributed by atoms with Gasteiger partial charge < -0.3 is 4.74 Å². The lowest BCUT2D eigenvalue weighted by Crippen LogP contribution is -2.41. The fourth-order valence-corrected chi connectivity index (χ4v) is 2.97. The van der Waals surface area contributed by atoms with Gasteiger partial charge in [0, 0.05) is 10.0 Å². The molecule has 0 amide bonds. The summed E-state index contributed by atoms with van der Waals surface area (Å²) in [6.07, 6.45) is 1.05. The van der Waals surface area contributed by atoms with E-state index in [1.54, 1.807) is 0 Å². The Hall–Kier alpha value is -0.500. The van der Waals surface area contributed by atoms with Gasteiger partial charge in [0.15, 0.2) is 0 Å². The molecule has 1 heterocycles. The minimum atomic E-state index is -0.0651. The third kappa shape index (κ3) is 2.05. The van der Waals surface area contributed by atoms with Gasteiger partial charge in [-0.1, -0.05) is 29.8 Å². The first-order valence-electron chi connectivity index (χ1n) is 5.29. The maximum Gasteiger partial charge on any atom is 0.123 e. The highest BCUT2D eigenvalue weighted by Crippen LogP contribution is 2.45. The van der Waals surface area contributed by atoms with E-state index in [1.807, 2.05) is 6.07 Å². The predicted molar refractivity (Wildman–Crippen MR) is 66.5 cm³/mol. The average Bonchev–Trinajstić information content (AvgIpc) is 2.03. The molecule has 0 atom stereocenters. The Bertz CT molecular complexity index is 394. The molecule has 0 N–H and O–H groups in total. The number of hydrogen-bond donors (Lipinski definition) is 0. The van der Waals surface area contributed by atoms with Crippen LogP contribution in [0.5, 0.6) is 5.75 Å². The lowest BCUT2D eigenvalue weighted by Gasteiger charge is -2.42. The highest BCUT2D eigenvalue weighted by atomic mass is 79.9. The van der Waals surface area contributed by atoms with Gasteiger partial charge in [0.2, 0.25) is 0 Å². The lowest BCUT2D eigenvalue weighted by atomic mass is 9.74. The second kappa shape index (κ2) is 3.24. The van der Waals surface area contributed by atoms with Crippen molar-refractivity contribution in [1.82, 2.24) is 0 Å². The van der Waals surface area contributed by atoms with Gasteiger partial charge in [-0.2, -0.15) is 0 Å². The fraction of sp³-hybridized carbons (Fsp3) is 0.538. The summed E-state index contributed by atoms with van der Waals surface area (Å²) in [6, 6.07) is 6.27. The van der Waals surface area contributed by atoms with Gasteiger partial charge in [-0.3, -0.25) is 0 Å². The Morgan fingerprint density at radius 2 is 1.87 bits per heavy atom. The van der Waals surface area contributed by atoms with Crippen molar-refractivity contribution in [2.75, 3.05) is 0 Å². The summed E-state index contributed by atoms with van der Waals surface area (Å²) in [5, 5.41) is 0. The summed E-state index contributed by atoms with van der Waals surface area (Å²) in [6.45, 7) is 8.87. The van der Waals surface area contributed by atoms with E-state index >= 15 is 0 Å². The minimum absolute atomic E-state index is 0.0651. The molecule has 0 bridgehead atoms. The molecule has 0 unspecified atom stereocenters. The van der Waals surface area contributed by atoms with Crippen LogP contribution in [-0.2, 0) is 5.41 Å². The first kappa shape index (κ1) is 11.0. The van der Waals surface area contributed by atoms with E-state index in [1.165, 1.54) is 5.56 Å². The van der Waals surface area contributed by atoms with Gasteiger partial charge in [0.1, 0.15) is 11.4 Å². The van der Waals surface area contributed by atoms with Crippen LogP contribution < -0.4 is 4.74 Å². The van der Waals surface area contributed by atoms with Crippen LogP contribution in [0.3, 0.4) is 0 Å². The zero-order valence-corrected chi connectivity index (χ0v) is 11.3. The van der Waals surface area contributed by atoms with Crippen molar-refractivity contribution < 1.29 is 4.74 Å². The summed E-state index contributed by atoms with van der Waals surface area (Å²) >= 11 is 3.52. The van der Waals surface area contributed by atoms with Gasteiger partial charge in [-0.15, -0.1) is 0 Å².